The molecule has 1 aliphatic carbocycles. The van der Waals surface area contributed by atoms with Crippen molar-refractivity contribution < 1.29 is 13.9 Å². The third kappa shape index (κ3) is 3.55. The predicted molar refractivity (Wildman–Crippen MR) is 97.9 cm³/mol. The maximum Gasteiger partial charge on any atom is 0.260 e. The number of benzene rings is 1. The first-order valence-corrected chi connectivity index (χ1v) is 9.67. The number of amides is 1. The van der Waals surface area contributed by atoms with E-state index in [1.165, 1.54) is 37.1 Å². The summed E-state index contributed by atoms with van der Waals surface area (Å²) in [4.78, 5) is 19.3. The van der Waals surface area contributed by atoms with Crippen molar-refractivity contribution in [2.24, 2.45) is 5.41 Å². The van der Waals surface area contributed by atoms with E-state index in [1.54, 1.807) is 0 Å². The number of carbonyl (C=O) groups excluding carboxylic acids is 1. The van der Waals surface area contributed by atoms with Crippen LogP contribution in [0.3, 0.4) is 0 Å². The molecule has 1 unspecified atom stereocenters. The van der Waals surface area contributed by atoms with Crippen molar-refractivity contribution >= 4 is 5.91 Å². The minimum absolute atomic E-state index is 0.0391. The van der Waals surface area contributed by atoms with Crippen LogP contribution in [-0.4, -0.2) is 45.7 Å². The van der Waals surface area contributed by atoms with Crippen molar-refractivity contribution in [1.29, 1.82) is 0 Å². The number of aryl methyl sites for hydroxylation is 1. The first-order chi connectivity index (χ1) is 13.1. The Bertz CT molecular complexity index is 799. The quantitative estimate of drug-likeness (QED) is 0.876. The molecule has 4 rings (SSSR count). The van der Waals surface area contributed by atoms with Crippen LogP contribution in [0.2, 0.25) is 0 Å². The lowest BCUT2D eigenvalue weighted by Crippen LogP contribution is -2.34. The standard InChI is InChI=1S/C20H25FN4O2/c1-2-17-22-19(24-23-17)16-11-25(13-20(16)9-3-4-10-20)18(26)12-27-15-7-5-14(21)6-8-15/h5-8,16H,2-4,9-13H2,1H3,(H,22,23,24). The molecule has 2 heterocycles. The molecule has 27 heavy (non-hydrogen) atoms. The summed E-state index contributed by atoms with van der Waals surface area (Å²) >= 11 is 0. The van der Waals surface area contributed by atoms with E-state index in [-0.39, 0.29) is 29.7 Å². The SMILES string of the molecule is CCc1nc(C2CN(C(=O)COc3ccc(F)cc3)CC23CCCC3)n[nH]1. The van der Waals surface area contributed by atoms with Gasteiger partial charge < -0.3 is 9.64 Å². The van der Waals surface area contributed by atoms with Crippen molar-refractivity contribution in [3.05, 3.63) is 41.7 Å². The van der Waals surface area contributed by atoms with Gasteiger partial charge in [0.1, 0.15) is 17.4 Å². The Labute approximate surface area is 158 Å². The van der Waals surface area contributed by atoms with Crippen LogP contribution in [0, 0.1) is 11.2 Å². The molecule has 1 saturated heterocycles. The largest absolute Gasteiger partial charge is 0.484 e. The zero-order valence-corrected chi connectivity index (χ0v) is 15.6. The van der Waals surface area contributed by atoms with E-state index < -0.39 is 0 Å². The van der Waals surface area contributed by atoms with Crippen LogP contribution in [0.25, 0.3) is 0 Å². The maximum absolute atomic E-state index is 13.0. The van der Waals surface area contributed by atoms with Gasteiger partial charge >= 0.3 is 0 Å². The number of aromatic nitrogens is 3. The number of hydrogen-bond acceptors (Lipinski definition) is 4. The van der Waals surface area contributed by atoms with Crippen molar-refractivity contribution in [3.63, 3.8) is 0 Å². The third-order valence-corrected chi connectivity index (χ3v) is 5.97. The number of H-pyrrole nitrogens is 1. The van der Waals surface area contributed by atoms with Gasteiger partial charge in [0.05, 0.1) is 0 Å². The second-order valence-corrected chi connectivity index (χ2v) is 7.63. The van der Waals surface area contributed by atoms with E-state index in [9.17, 15) is 9.18 Å². The van der Waals surface area contributed by atoms with Gasteiger partial charge in [-0.1, -0.05) is 19.8 Å². The maximum atomic E-state index is 13.0. The predicted octanol–water partition coefficient (Wildman–Crippen LogP) is 3.07. The Morgan fingerprint density at radius 2 is 2.07 bits per heavy atom. The average molecular weight is 372 g/mol. The van der Waals surface area contributed by atoms with Gasteiger partial charge in [-0.15, -0.1) is 0 Å². The number of hydrogen-bond donors (Lipinski definition) is 1. The van der Waals surface area contributed by atoms with Crippen LogP contribution in [-0.2, 0) is 11.2 Å². The van der Waals surface area contributed by atoms with Crippen LogP contribution < -0.4 is 4.74 Å². The van der Waals surface area contributed by atoms with Crippen LogP contribution >= 0.6 is 0 Å². The third-order valence-electron chi connectivity index (χ3n) is 5.97. The molecule has 2 fully saturated rings. The lowest BCUT2D eigenvalue weighted by atomic mass is 9.76. The minimum Gasteiger partial charge on any atom is -0.484 e. The molecule has 2 aromatic rings. The van der Waals surface area contributed by atoms with E-state index in [4.69, 9.17) is 4.74 Å². The molecule has 1 N–H and O–H groups in total. The molecular weight excluding hydrogens is 347 g/mol. The van der Waals surface area contributed by atoms with E-state index in [0.717, 1.165) is 37.5 Å². The number of aromatic amines is 1. The Morgan fingerprint density at radius 3 is 2.74 bits per heavy atom. The molecule has 2 aliphatic rings. The molecule has 1 amide bonds. The highest BCUT2D eigenvalue weighted by atomic mass is 19.1. The van der Waals surface area contributed by atoms with Crippen LogP contribution in [0.5, 0.6) is 5.75 Å². The van der Waals surface area contributed by atoms with Gasteiger partial charge in [-0.3, -0.25) is 9.89 Å². The van der Waals surface area contributed by atoms with Crippen molar-refractivity contribution in [3.8, 4) is 5.75 Å². The second kappa shape index (κ2) is 7.29. The van der Waals surface area contributed by atoms with Crippen LogP contribution in [0.4, 0.5) is 4.39 Å². The molecular formula is C20H25FN4O2. The first-order valence-electron chi connectivity index (χ1n) is 9.67. The number of likely N-dealkylation sites (tertiary alicyclic amines) is 1. The number of carbonyl (C=O) groups is 1. The second-order valence-electron chi connectivity index (χ2n) is 7.63. The summed E-state index contributed by atoms with van der Waals surface area (Å²) in [5.74, 6) is 2.03. The van der Waals surface area contributed by atoms with Gasteiger partial charge in [0.2, 0.25) is 0 Å². The van der Waals surface area contributed by atoms with Crippen LogP contribution in [0.15, 0.2) is 24.3 Å². The Kier molecular flexibility index (Phi) is 4.85. The van der Waals surface area contributed by atoms with E-state index in [2.05, 4.69) is 15.2 Å². The van der Waals surface area contributed by atoms with Gasteiger partial charge in [0.25, 0.3) is 5.91 Å². The number of halogens is 1. The summed E-state index contributed by atoms with van der Waals surface area (Å²) in [6, 6.07) is 5.73. The Balaban J connectivity index is 1.45. The zero-order chi connectivity index (χ0) is 18.9. The molecule has 1 saturated carbocycles. The molecule has 1 spiro atoms. The fourth-order valence-electron chi connectivity index (χ4n) is 4.49. The highest BCUT2D eigenvalue weighted by Crippen LogP contribution is 2.52. The molecule has 6 nitrogen and oxygen atoms in total. The van der Waals surface area contributed by atoms with Crippen molar-refractivity contribution in [1.82, 2.24) is 20.1 Å². The lowest BCUT2D eigenvalue weighted by Gasteiger charge is -2.27. The number of nitrogens with zero attached hydrogens (tertiary/aromatic N) is 3. The van der Waals surface area contributed by atoms with Gasteiger partial charge in [-0.2, -0.15) is 5.10 Å². The fourth-order valence-corrected chi connectivity index (χ4v) is 4.49. The lowest BCUT2D eigenvalue weighted by molar-refractivity contribution is -0.132. The van der Waals surface area contributed by atoms with Crippen molar-refractivity contribution in [2.75, 3.05) is 19.7 Å². The molecule has 1 aromatic heterocycles. The molecule has 1 aromatic carbocycles. The summed E-state index contributed by atoms with van der Waals surface area (Å²) in [6.07, 6.45) is 5.42. The smallest absolute Gasteiger partial charge is 0.260 e. The Morgan fingerprint density at radius 1 is 1.33 bits per heavy atom. The summed E-state index contributed by atoms with van der Waals surface area (Å²) < 4.78 is 18.5. The fraction of sp³-hybridized carbons (Fsp3) is 0.550. The molecule has 0 radical (unpaired) electrons. The van der Waals surface area contributed by atoms with E-state index in [1.807, 2.05) is 11.8 Å². The summed E-state index contributed by atoms with van der Waals surface area (Å²) in [7, 11) is 0. The number of nitrogens with one attached hydrogen (secondary N) is 1. The Hall–Kier alpha value is -2.44. The molecule has 7 heteroatoms. The molecule has 1 atom stereocenters. The molecule has 0 bridgehead atoms. The number of ether oxygens (including phenoxy) is 1. The van der Waals surface area contributed by atoms with Gasteiger partial charge in [-0.05, 0) is 42.5 Å². The topological polar surface area (TPSA) is 71.1 Å². The normalized spacial score (nSPS) is 21.1. The minimum atomic E-state index is -0.322. The summed E-state index contributed by atoms with van der Waals surface area (Å²) in [6.45, 7) is 3.38. The molecule has 144 valence electrons. The highest BCUT2D eigenvalue weighted by Gasteiger charge is 2.51. The van der Waals surface area contributed by atoms with E-state index >= 15 is 0 Å². The number of rotatable bonds is 5. The summed E-state index contributed by atoms with van der Waals surface area (Å²) in [5, 5.41) is 7.46. The van der Waals surface area contributed by atoms with Gasteiger partial charge in [0, 0.05) is 25.4 Å². The average Bonchev–Trinajstić information content (AvgIpc) is 3.41. The first kappa shape index (κ1) is 17.9. The summed E-state index contributed by atoms with van der Waals surface area (Å²) in [5.41, 5.74) is 0.0821. The van der Waals surface area contributed by atoms with Crippen LogP contribution in [0.1, 0.15) is 50.2 Å². The van der Waals surface area contributed by atoms with E-state index in [0.29, 0.717) is 12.3 Å². The highest BCUT2D eigenvalue weighted by molar-refractivity contribution is 5.78. The van der Waals surface area contributed by atoms with Crippen molar-refractivity contribution in [2.45, 2.75) is 44.9 Å². The monoisotopic (exact) mass is 372 g/mol. The molecule has 1 aliphatic heterocycles. The van der Waals surface area contributed by atoms with Gasteiger partial charge in [0.15, 0.2) is 12.4 Å². The van der Waals surface area contributed by atoms with Gasteiger partial charge in [-0.25, -0.2) is 9.37 Å². The zero-order valence-electron chi connectivity index (χ0n) is 15.6.